The second-order valence-electron chi connectivity index (χ2n) is 6.75. The van der Waals surface area contributed by atoms with Crippen molar-refractivity contribution in [3.63, 3.8) is 0 Å². The first kappa shape index (κ1) is 22.0. The number of rotatable bonds is 8. The van der Waals surface area contributed by atoms with Crippen molar-refractivity contribution >= 4 is 28.8 Å². The fourth-order valence-corrected chi connectivity index (χ4v) is 4.64. The van der Waals surface area contributed by atoms with Crippen LogP contribution in [-0.2, 0) is 14.3 Å². The molecule has 1 aromatic carbocycles. The Bertz CT molecular complexity index is 924. The van der Waals surface area contributed by atoms with Crippen LogP contribution in [0.2, 0.25) is 0 Å². The number of hydrogen-bond acceptors (Lipinski definition) is 7. The van der Waals surface area contributed by atoms with Gasteiger partial charge in [-0.15, -0.1) is 0 Å². The number of benzene rings is 1. The van der Waals surface area contributed by atoms with Gasteiger partial charge in [0.05, 0.1) is 36.3 Å². The smallest absolute Gasteiger partial charge is 0.338 e. The first-order chi connectivity index (χ1) is 14.5. The van der Waals surface area contributed by atoms with Crippen LogP contribution in [0.1, 0.15) is 38.8 Å². The minimum atomic E-state index is -0.657. The third-order valence-electron chi connectivity index (χ3n) is 4.88. The van der Waals surface area contributed by atoms with Crippen molar-refractivity contribution in [2.75, 3.05) is 20.3 Å². The predicted octanol–water partition coefficient (Wildman–Crippen LogP) is 3.86. The number of carbonyl (C=O) groups excluding carboxylic acids is 2. The molecule has 1 amide bonds. The Labute approximate surface area is 180 Å². The highest BCUT2D eigenvalue weighted by molar-refractivity contribution is 8.15. The summed E-state index contributed by atoms with van der Waals surface area (Å²) >= 11 is 1.43. The molecule has 2 aliphatic rings. The molecule has 7 nitrogen and oxygen atoms in total. The quantitative estimate of drug-likeness (QED) is 0.460. The van der Waals surface area contributed by atoms with Gasteiger partial charge in [0.1, 0.15) is 6.61 Å². The van der Waals surface area contributed by atoms with Gasteiger partial charge in [0, 0.05) is 0 Å². The van der Waals surface area contributed by atoms with E-state index in [4.69, 9.17) is 14.2 Å². The van der Waals surface area contributed by atoms with Crippen LogP contribution >= 0.6 is 11.8 Å². The van der Waals surface area contributed by atoms with Gasteiger partial charge in [-0.1, -0.05) is 37.4 Å². The molecule has 1 saturated heterocycles. The van der Waals surface area contributed by atoms with Gasteiger partial charge in [-0.05, 0) is 38.0 Å². The lowest BCUT2D eigenvalue weighted by atomic mass is 9.94. The van der Waals surface area contributed by atoms with Crippen LogP contribution < -0.4 is 9.47 Å². The molecule has 0 bridgehead atoms. The largest absolute Gasteiger partial charge is 0.493 e. The summed E-state index contributed by atoms with van der Waals surface area (Å²) in [4.78, 5) is 32.2. The van der Waals surface area contributed by atoms with E-state index in [1.54, 1.807) is 31.1 Å². The van der Waals surface area contributed by atoms with Crippen LogP contribution in [0, 0.1) is 0 Å². The fraction of sp³-hybridized carbons (Fsp3) is 0.409. The van der Waals surface area contributed by atoms with E-state index in [0.29, 0.717) is 41.0 Å². The molecule has 2 atom stereocenters. The first-order valence-corrected chi connectivity index (χ1v) is 10.7. The molecule has 0 radical (unpaired) electrons. The summed E-state index contributed by atoms with van der Waals surface area (Å²) in [6.07, 6.45) is 2.18. The summed E-state index contributed by atoms with van der Waals surface area (Å²) in [6, 6.07) is 4.77. The lowest BCUT2D eigenvalue weighted by Gasteiger charge is -2.33. The van der Waals surface area contributed by atoms with Gasteiger partial charge in [-0.25, -0.2) is 9.79 Å². The van der Waals surface area contributed by atoms with Gasteiger partial charge in [-0.3, -0.25) is 9.69 Å². The highest BCUT2D eigenvalue weighted by Gasteiger charge is 2.47. The second-order valence-corrected chi connectivity index (χ2v) is 7.92. The Balaban J connectivity index is 2.13. The lowest BCUT2D eigenvalue weighted by Crippen LogP contribution is -2.40. The lowest BCUT2D eigenvalue weighted by molar-refractivity contribution is -0.139. The van der Waals surface area contributed by atoms with E-state index >= 15 is 0 Å². The third kappa shape index (κ3) is 3.96. The van der Waals surface area contributed by atoms with Gasteiger partial charge in [0.25, 0.3) is 0 Å². The number of amides is 1. The topological polar surface area (TPSA) is 77.4 Å². The zero-order chi connectivity index (χ0) is 21.8. The first-order valence-electron chi connectivity index (χ1n) is 9.84. The van der Waals surface area contributed by atoms with Crippen LogP contribution in [0.15, 0.2) is 47.1 Å². The number of allylic oxidation sites excluding steroid dienone is 1. The van der Waals surface area contributed by atoms with Crippen LogP contribution in [0.4, 0.5) is 0 Å². The highest BCUT2D eigenvalue weighted by atomic mass is 32.2. The average Bonchev–Trinajstić information content (AvgIpc) is 3.06. The van der Waals surface area contributed by atoms with Crippen LogP contribution in [-0.4, -0.2) is 47.5 Å². The summed E-state index contributed by atoms with van der Waals surface area (Å²) in [5.74, 6) is 0.533. The van der Waals surface area contributed by atoms with E-state index in [0.717, 1.165) is 5.56 Å². The molecule has 30 heavy (non-hydrogen) atoms. The van der Waals surface area contributed by atoms with Gasteiger partial charge < -0.3 is 14.2 Å². The Morgan fingerprint density at radius 2 is 2.10 bits per heavy atom. The van der Waals surface area contributed by atoms with Crippen molar-refractivity contribution in [3.8, 4) is 11.5 Å². The van der Waals surface area contributed by atoms with Crippen LogP contribution in [0.25, 0.3) is 0 Å². The summed E-state index contributed by atoms with van der Waals surface area (Å²) in [5, 5.41) is 0.370. The van der Waals surface area contributed by atoms with Gasteiger partial charge >= 0.3 is 5.97 Å². The molecule has 2 heterocycles. The summed E-state index contributed by atoms with van der Waals surface area (Å²) in [7, 11) is 1.56. The molecule has 0 spiro atoms. The SMILES string of the molecule is C=CCOC(=O)C1=C(C)N=C2S[C@@H](CC)C(=O)N2[C@@H]1c1ccc(OCC)c(OC)c1. The molecule has 0 saturated carbocycles. The van der Waals surface area contributed by atoms with E-state index in [2.05, 4.69) is 11.6 Å². The molecule has 0 aliphatic carbocycles. The summed E-state index contributed by atoms with van der Waals surface area (Å²) < 4.78 is 16.4. The number of aliphatic imine (C=N–C) groups is 1. The summed E-state index contributed by atoms with van der Waals surface area (Å²) in [6.45, 7) is 9.77. The number of amidine groups is 1. The van der Waals surface area contributed by atoms with Crippen LogP contribution in [0.5, 0.6) is 11.5 Å². The van der Waals surface area contributed by atoms with E-state index in [1.807, 2.05) is 19.9 Å². The molecule has 0 unspecified atom stereocenters. The maximum Gasteiger partial charge on any atom is 0.338 e. The van der Waals surface area contributed by atoms with Crippen LogP contribution in [0.3, 0.4) is 0 Å². The maximum absolute atomic E-state index is 13.1. The molecule has 1 fully saturated rings. The summed E-state index contributed by atoms with van der Waals surface area (Å²) in [5.41, 5.74) is 1.58. The average molecular weight is 431 g/mol. The predicted molar refractivity (Wildman–Crippen MR) is 117 cm³/mol. The van der Waals surface area contributed by atoms with Crippen molar-refractivity contribution in [1.29, 1.82) is 0 Å². The molecule has 8 heteroatoms. The number of fused-ring (bicyclic) bond motifs is 1. The van der Waals surface area contributed by atoms with Gasteiger partial charge in [0.2, 0.25) is 5.91 Å². The van der Waals surface area contributed by atoms with E-state index in [-0.39, 0.29) is 17.8 Å². The Kier molecular flexibility index (Phi) is 6.87. The second kappa shape index (κ2) is 9.38. The minimum Gasteiger partial charge on any atom is -0.493 e. The number of hydrogen-bond donors (Lipinski definition) is 0. The molecular formula is C22H26N2O5S. The molecule has 0 N–H and O–H groups in total. The monoisotopic (exact) mass is 430 g/mol. The third-order valence-corrected chi connectivity index (χ3v) is 6.20. The molecule has 2 aliphatic heterocycles. The van der Waals surface area contributed by atoms with E-state index in [9.17, 15) is 9.59 Å². The van der Waals surface area contributed by atoms with E-state index < -0.39 is 12.0 Å². The van der Waals surface area contributed by atoms with Gasteiger partial charge in [0.15, 0.2) is 16.7 Å². The van der Waals surface area contributed by atoms with Crippen molar-refractivity contribution in [2.24, 2.45) is 4.99 Å². The minimum absolute atomic E-state index is 0.0689. The Morgan fingerprint density at radius 1 is 1.33 bits per heavy atom. The number of ether oxygens (including phenoxy) is 3. The number of carbonyl (C=O) groups is 2. The molecule has 3 rings (SSSR count). The molecule has 0 aromatic heterocycles. The van der Waals surface area contributed by atoms with E-state index in [1.165, 1.54) is 17.8 Å². The zero-order valence-electron chi connectivity index (χ0n) is 17.6. The van der Waals surface area contributed by atoms with Crippen molar-refractivity contribution in [3.05, 3.63) is 47.7 Å². The Hall–Kier alpha value is -2.74. The fourth-order valence-electron chi connectivity index (χ4n) is 3.51. The number of nitrogens with zero attached hydrogens (tertiary/aromatic N) is 2. The normalized spacial score (nSPS) is 20.6. The molecule has 160 valence electrons. The van der Waals surface area contributed by atoms with Crippen molar-refractivity contribution < 1.29 is 23.8 Å². The van der Waals surface area contributed by atoms with Crippen molar-refractivity contribution in [2.45, 2.75) is 38.5 Å². The number of methoxy groups -OCH3 is 1. The standard InChI is InChI=1S/C22H26N2O5S/c1-6-11-29-21(26)18-13(4)23-22-24(20(25)17(7-2)30-22)19(18)14-9-10-15(28-8-3)16(12-14)27-5/h6,9-10,12,17,19H,1,7-8,11H2,2-5H3/t17-,19+/m0/s1. The number of esters is 1. The molecular weight excluding hydrogens is 404 g/mol. The van der Waals surface area contributed by atoms with Gasteiger partial charge in [-0.2, -0.15) is 0 Å². The zero-order valence-corrected chi connectivity index (χ0v) is 18.5. The Morgan fingerprint density at radius 3 is 2.73 bits per heavy atom. The van der Waals surface area contributed by atoms with Crippen molar-refractivity contribution in [1.82, 2.24) is 4.90 Å². The number of thioether (sulfide) groups is 1. The maximum atomic E-state index is 13.1. The highest BCUT2D eigenvalue weighted by Crippen LogP contribution is 2.45. The molecule has 1 aromatic rings.